The zero-order valence-electron chi connectivity index (χ0n) is 11.3. The highest BCUT2D eigenvalue weighted by Crippen LogP contribution is 2.53. The highest BCUT2D eigenvalue weighted by molar-refractivity contribution is 6.26. The highest BCUT2D eigenvalue weighted by atomic mass is 16.5. The highest BCUT2D eigenvalue weighted by Gasteiger charge is 2.31. The van der Waals surface area contributed by atoms with E-state index in [0.717, 1.165) is 6.07 Å². The van der Waals surface area contributed by atoms with E-state index < -0.39 is 23.0 Å². The van der Waals surface area contributed by atoms with Gasteiger partial charge in [0.2, 0.25) is 5.75 Å². The smallest absolute Gasteiger partial charge is 0.204 e. The number of benzene rings is 2. The molecule has 2 aromatic carbocycles. The maximum absolute atomic E-state index is 12.2. The molecule has 0 unspecified atom stereocenters. The van der Waals surface area contributed by atoms with E-state index >= 15 is 0 Å². The van der Waals surface area contributed by atoms with Crippen molar-refractivity contribution in [1.29, 1.82) is 0 Å². The predicted molar refractivity (Wildman–Crippen MR) is 75.1 cm³/mol. The summed E-state index contributed by atoms with van der Waals surface area (Å²) >= 11 is 0. The predicted octanol–water partition coefficient (Wildman–Crippen LogP) is 2.27. The lowest BCUT2D eigenvalue weighted by Crippen LogP contribution is -2.06. The summed E-state index contributed by atoms with van der Waals surface area (Å²) in [5, 5.41) is 40.4. The quantitative estimate of drug-likeness (QED) is 0.641. The van der Waals surface area contributed by atoms with Crippen LogP contribution in [-0.4, -0.2) is 33.3 Å². The van der Waals surface area contributed by atoms with Crippen LogP contribution in [0.15, 0.2) is 12.1 Å². The second kappa shape index (κ2) is 4.05. The molecule has 0 saturated carbocycles. The lowest BCUT2D eigenvalue weighted by atomic mass is 9.85. The maximum atomic E-state index is 12.2. The molecular formula is C15H12O6. The van der Waals surface area contributed by atoms with Gasteiger partial charge in [0.05, 0.1) is 18.1 Å². The average Bonchev–Trinajstić information content (AvgIpc) is 2.37. The molecule has 6 heteroatoms. The van der Waals surface area contributed by atoms with E-state index in [1.54, 1.807) is 6.92 Å². The van der Waals surface area contributed by atoms with Crippen LogP contribution in [0, 0.1) is 0 Å². The van der Waals surface area contributed by atoms with Crippen molar-refractivity contribution in [3.05, 3.63) is 23.3 Å². The minimum Gasteiger partial charge on any atom is -0.507 e. The van der Waals surface area contributed by atoms with Crippen LogP contribution < -0.4 is 4.74 Å². The van der Waals surface area contributed by atoms with Crippen molar-refractivity contribution in [2.75, 3.05) is 7.11 Å². The van der Waals surface area contributed by atoms with Crippen LogP contribution in [0.5, 0.6) is 28.7 Å². The number of hydrogen-bond donors (Lipinski definition) is 4. The summed E-state index contributed by atoms with van der Waals surface area (Å²) in [6.45, 7) is 1.62. The van der Waals surface area contributed by atoms with Gasteiger partial charge in [-0.25, -0.2) is 0 Å². The van der Waals surface area contributed by atoms with Crippen LogP contribution in [0.3, 0.4) is 0 Å². The van der Waals surface area contributed by atoms with Gasteiger partial charge in [-0.1, -0.05) is 0 Å². The van der Waals surface area contributed by atoms with Gasteiger partial charge in [0.1, 0.15) is 11.5 Å². The average molecular weight is 288 g/mol. The second-order valence-corrected chi connectivity index (χ2v) is 4.84. The number of allylic oxidation sites excluding steroid dienone is 2. The third kappa shape index (κ3) is 1.50. The molecule has 0 spiro atoms. The summed E-state index contributed by atoms with van der Waals surface area (Å²) < 4.78 is 4.90. The third-order valence-corrected chi connectivity index (χ3v) is 3.63. The molecule has 0 amide bonds. The summed E-state index contributed by atoms with van der Waals surface area (Å²) in [7, 11) is 1.22. The van der Waals surface area contributed by atoms with Crippen molar-refractivity contribution >= 4 is 22.1 Å². The van der Waals surface area contributed by atoms with Gasteiger partial charge >= 0.3 is 0 Å². The van der Waals surface area contributed by atoms with E-state index in [1.165, 1.54) is 13.2 Å². The molecule has 1 aliphatic carbocycles. The molecule has 21 heavy (non-hydrogen) atoms. The summed E-state index contributed by atoms with van der Waals surface area (Å²) in [4.78, 5) is 12.2. The fraction of sp³-hybridized carbons (Fsp3) is 0.133. The molecule has 0 bridgehead atoms. The number of aromatic hydroxyl groups is 4. The van der Waals surface area contributed by atoms with E-state index in [-0.39, 0.29) is 33.4 Å². The Morgan fingerprint density at radius 2 is 1.62 bits per heavy atom. The lowest BCUT2D eigenvalue weighted by Gasteiger charge is -2.21. The Labute approximate surface area is 119 Å². The standard InChI is InChI=1S/C15H12O6/c1-5-3-6(16)10-12-9(5)7(17)4-8(18)11(12)14(20)15(21-2)13(10)19/h3-4,17-20H,1-2H3. The number of phenolic OH excluding ortho intramolecular Hbond substituents is 4. The minimum atomic E-state index is -0.525. The molecule has 0 fully saturated rings. The van der Waals surface area contributed by atoms with Crippen molar-refractivity contribution < 1.29 is 30.0 Å². The summed E-state index contributed by atoms with van der Waals surface area (Å²) in [5.74, 6) is -2.47. The van der Waals surface area contributed by atoms with E-state index in [9.17, 15) is 25.2 Å². The van der Waals surface area contributed by atoms with Gasteiger partial charge in [-0.2, -0.15) is 0 Å². The van der Waals surface area contributed by atoms with Gasteiger partial charge < -0.3 is 25.2 Å². The van der Waals surface area contributed by atoms with Crippen molar-refractivity contribution in [3.8, 4) is 28.7 Å². The molecule has 0 radical (unpaired) electrons. The molecule has 1 aliphatic rings. The van der Waals surface area contributed by atoms with Gasteiger partial charge in [-0.3, -0.25) is 4.79 Å². The zero-order chi connectivity index (χ0) is 15.5. The molecule has 0 saturated heterocycles. The fourth-order valence-corrected chi connectivity index (χ4v) is 2.78. The normalized spacial score (nSPS) is 13.4. The molecule has 0 heterocycles. The first-order chi connectivity index (χ1) is 9.88. The summed E-state index contributed by atoms with van der Waals surface area (Å²) in [5.41, 5.74) is 0.635. The van der Waals surface area contributed by atoms with Gasteiger partial charge in [0, 0.05) is 17.0 Å². The van der Waals surface area contributed by atoms with E-state index in [1.807, 2.05) is 0 Å². The largest absolute Gasteiger partial charge is 0.507 e. The number of hydrogen-bond acceptors (Lipinski definition) is 6. The van der Waals surface area contributed by atoms with Crippen LogP contribution in [0.1, 0.15) is 22.8 Å². The number of carbonyl (C=O) groups is 1. The van der Waals surface area contributed by atoms with Crippen LogP contribution in [-0.2, 0) is 0 Å². The van der Waals surface area contributed by atoms with Crippen LogP contribution in [0.2, 0.25) is 0 Å². The van der Waals surface area contributed by atoms with Crippen LogP contribution in [0.25, 0.3) is 16.3 Å². The fourth-order valence-electron chi connectivity index (χ4n) is 2.78. The first-order valence-electron chi connectivity index (χ1n) is 6.12. The molecule has 3 rings (SSSR count). The molecule has 0 aliphatic heterocycles. The van der Waals surface area contributed by atoms with Crippen molar-refractivity contribution in [2.45, 2.75) is 6.92 Å². The Balaban J connectivity index is 2.69. The Morgan fingerprint density at radius 3 is 2.24 bits per heavy atom. The monoisotopic (exact) mass is 288 g/mol. The lowest BCUT2D eigenvalue weighted by molar-refractivity contribution is 0.104. The van der Waals surface area contributed by atoms with E-state index in [2.05, 4.69) is 0 Å². The molecule has 4 N–H and O–H groups in total. The number of ether oxygens (including phenoxy) is 1. The van der Waals surface area contributed by atoms with Crippen LogP contribution in [0.4, 0.5) is 0 Å². The zero-order valence-corrected chi connectivity index (χ0v) is 11.3. The molecule has 108 valence electrons. The Hall–Kier alpha value is -2.89. The topological polar surface area (TPSA) is 107 Å². The second-order valence-electron chi connectivity index (χ2n) is 4.84. The molecule has 0 atom stereocenters. The Kier molecular flexibility index (Phi) is 2.53. The van der Waals surface area contributed by atoms with E-state index in [4.69, 9.17) is 4.74 Å². The van der Waals surface area contributed by atoms with E-state index in [0.29, 0.717) is 5.57 Å². The molecule has 6 nitrogen and oxygen atoms in total. The van der Waals surface area contributed by atoms with Gasteiger partial charge in [-0.05, 0) is 18.6 Å². The number of rotatable bonds is 1. The summed E-state index contributed by atoms with van der Waals surface area (Å²) in [6, 6.07) is 1.07. The number of carbonyl (C=O) groups excluding carboxylic acids is 1. The van der Waals surface area contributed by atoms with Gasteiger partial charge in [0.15, 0.2) is 17.3 Å². The van der Waals surface area contributed by atoms with Crippen molar-refractivity contribution in [2.24, 2.45) is 0 Å². The number of phenols is 4. The molecule has 0 aromatic heterocycles. The molecular weight excluding hydrogens is 276 g/mol. The Bertz CT molecular complexity index is 848. The molecule has 2 aromatic rings. The number of ketones is 1. The first kappa shape index (κ1) is 13.1. The number of methoxy groups -OCH3 is 1. The maximum Gasteiger partial charge on any atom is 0.204 e. The SMILES string of the molecule is COc1c(O)c2c3c(c(O)cc(O)c3c1O)C(C)=CC2=O. The Morgan fingerprint density at radius 1 is 0.952 bits per heavy atom. The van der Waals surface area contributed by atoms with Crippen molar-refractivity contribution in [3.63, 3.8) is 0 Å². The third-order valence-electron chi connectivity index (χ3n) is 3.63. The minimum absolute atomic E-state index is 0.0479. The summed E-state index contributed by atoms with van der Waals surface area (Å²) in [6.07, 6.45) is 1.27. The van der Waals surface area contributed by atoms with Crippen molar-refractivity contribution in [1.82, 2.24) is 0 Å². The van der Waals surface area contributed by atoms with Gasteiger partial charge in [-0.15, -0.1) is 0 Å². The van der Waals surface area contributed by atoms with Gasteiger partial charge in [0.25, 0.3) is 0 Å². The first-order valence-corrected chi connectivity index (χ1v) is 6.12. The van der Waals surface area contributed by atoms with Crippen LogP contribution >= 0.6 is 0 Å².